The molecule has 0 fully saturated rings. The van der Waals surface area contributed by atoms with E-state index in [4.69, 9.17) is 0 Å². The molecule has 1 aliphatic heterocycles. The monoisotopic (exact) mass is 978 g/mol. The van der Waals surface area contributed by atoms with E-state index in [2.05, 4.69) is 231 Å². The van der Waals surface area contributed by atoms with Gasteiger partial charge in [0.1, 0.15) is 0 Å². The highest BCUT2D eigenvalue weighted by Gasteiger charge is 2.54. The molecule has 0 bridgehead atoms. The van der Waals surface area contributed by atoms with E-state index in [0.717, 1.165) is 0 Å². The van der Waals surface area contributed by atoms with Crippen molar-refractivity contribution in [3.05, 3.63) is 251 Å². The van der Waals surface area contributed by atoms with Crippen LogP contribution in [0.2, 0.25) is 0 Å². The van der Waals surface area contributed by atoms with Crippen molar-refractivity contribution in [2.75, 3.05) is 0 Å². The molecule has 0 unspecified atom stereocenters. The minimum Gasteiger partial charge on any atom is -0.135 e. The van der Waals surface area contributed by atoms with Gasteiger partial charge in [0, 0.05) is 58.2 Å². The zero-order valence-corrected chi connectivity index (χ0v) is 41.8. The zero-order valence-electron chi connectivity index (χ0n) is 35.9. The SMILES string of the molecule is c1ccc(C2=C(c3ccc(-c4ccc(-c5cc6ccccc6s5)s4)s3)[Si](c3ccccc3)(c3ccccc3)C(c3ccc(-c4ccc(-c5cc6ccccc6s5)s4)s3)=C2c2ccccc2)cc1. The second-order valence-corrected chi connectivity index (χ2v) is 26.8. The summed E-state index contributed by atoms with van der Waals surface area (Å²) in [4.78, 5) is 13.2. The Balaban J connectivity index is 1.05. The van der Waals surface area contributed by atoms with Gasteiger partial charge in [-0.3, -0.25) is 0 Å². The van der Waals surface area contributed by atoms with Gasteiger partial charge < -0.3 is 0 Å². The number of thiophene rings is 6. The van der Waals surface area contributed by atoms with Gasteiger partial charge in [-0.25, -0.2) is 0 Å². The molecule has 0 radical (unpaired) electrons. The maximum atomic E-state index is 2.44. The van der Waals surface area contributed by atoms with Gasteiger partial charge in [0.2, 0.25) is 0 Å². The molecule has 0 amide bonds. The third-order valence-corrected chi connectivity index (χ3v) is 25.5. The van der Waals surface area contributed by atoms with Crippen LogP contribution in [0.3, 0.4) is 0 Å². The van der Waals surface area contributed by atoms with Crippen molar-refractivity contribution >= 4 is 128 Å². The fourth-order valence-corrected chi connectivity index (χ4v) is 22.8. The van der Waals surface area contributed by atoms with Crippen LogP contribution < -0.4 is 10.4 Å². The second kappa shape index (κ2) is 17.1. The van der Waals surface area contributed by atoms with Crippen molar-refractivity contribution < 1.29 is 0 Å². The van der Waals surface area contributed by atoms with E-state index in [0.29, 0.717) is 0 Å². The van der Waals surface area contributed by atoms with Crippen LogP contribution in [0.1, 0.15) is 20.9 Å². The molecule has 318 valence electrons. The fraction of sp³-hybridized carbons (Fsp3) is 0. The topological polar surface area (TPSA) is 0 Å². The van der Waals surface area contributed by atoms with Crippen LogP contribution in [0.25, 0.3) is 80.7 Å². The first-order valence-electron chi connectivity index (χ1n) is 22.3. The third-order valence-electron chi connectivity index (χ3n) is 12.8. The average molecular weight is 979 g/mol. The van der Waals surface area contributed by atoms with Crippen LogP contribution in [0.5, 0.6) is 0 Å². The number of rotatable bonds is 10. The van der Waals surface area contributed by atoms with Gasteiger partial charge in [-0.2, -0.15) is 0 Å². The Morgan fingerprint density at radius 3 is 0.910 bits per heavy atom. The van der Waals surface area contributed by atoms with Crippen molar-refractivity contribution in [2.24, 2.45) is 0 Å². The average Bonchev–Trinajstić information content (AvgIpc) is 4.25. The molecular formula is C60H38S6Si. The lowest BCUT2D eigenvalue weighted by Gasteiger charge is -2.35. The molecule has 0 nitrogen and oxygen atoms in total. The van der Waals surface area contributed by atoms with Crippen LogP contribution in [0, 0.1) is 0 Å². The molecular weight excluding hydrogens is 941 g/mol. The lowest BCUT2D eigenvalue weighted by Crippen LogP contribution is -2.59. The number of benzene rings is 6. The van der Waals surface area contributed by atoms with Gasteiger partial charge in [-0.05, 0) is 127 Å². The summed E-state index contributed by atoms with van der Waals surface area (Å²) in [6.45, 7) is 0. The van der Waals surface area contributed by atoms with Crippen molar-refractivity contribution in [1.29, 1.82) is 0 Å². The molecule has 0 spiro atoms. The maximum absolute atomic E-state index is 3.13. The van der Waals surface area contributed by atoms with E-state index in [-0.39, 0.29) is 0 Å². The summed E-state index contributed by atoms with van der Waals surface area (Å²) in [5.41, 5.74) is 5.17. The summed E-state index contributed by atoms with van der Waals surface area (Å²) in [5.74, 6) is 0. The quantitative estimate of drug-likeness (QED) is 0.120. The normalized spacial score (nSPS) is 13.7. The summed E-state index contributed by atoms with van der Waals surface area (Å²) in [5, 5.41) is 8.32. The van der Waals surface area contributed by atoms with Gasteiger partial charge in [0.15, 0.2) is 8.07 Å². The Morgan fingerprint density at radius 1 is 0.239 bits per heavy atom. The Kier molecular flexibility index (Phi) is 10.5. The lowest BCUT2D eigenvalue weighted by molar-refractivity contribution is 1.60. The highest BCUT2D eigenvalue weighted by atomic mass is 32.1. The van der Waals surface area contributed by atoms with E-state index in [9.17, 15) is 0 Å². The van der Waals surface area contributed by atoms with Gasteiger partial charge in [0.25, 0.3) is 0 Å². The fourth-order valence-electron chi connectivity index (χ4n) is 9.89. The van der Waals surface area contributed by atoms with Crippen molar-refractivity contribution in [2.45, 2.75) is 0 Å². The highest BCUT2D eigenvalue weighted by Crippen LogP contribution is 2.58. The Hall–Kier alpha value is -6.26. The van der Waals surface area contributed by atoms with Crippen molar-refractivity contribution in [3.63, 3.8) is 0 Å². The third kappa shape index (κ3) is 7.08. The van der Waals surface area contributed by atoms with E-state index < -0.39 is 8.07 Å². The first kappa shape index (κ1) is 41.0. The minimum absolute atomic E-state index is 1.25. The van der Waals surface area contributed by atoms with Crippen LogP contribution in [-0.2, 0) is 0 Å². The molecule has 7 heteroatoms. The van der Waals surface area contributed by atoms with Gasteiger partial charge in [-0.1, -0.05) is 158 Å². The van der Waals surface area contributed by atoms with E-state index in [1.165, 1.54) is 112 Å². The molecule has 7 heterocycles. The first-order valence-corrected chi connectivity index (χ1v) is 29.2. The smallest absolute Gasteiger partial charge is 0.135 e. The Bertz CT molecular complexity index is 3480. The molecule has 0 aliphatic carbocycles. The molecule has 67 heavy (non-hydrogen) atoms. The van der Waals surface area contributed by atoms with E-state index in [1.54, 1.807) is 0 Å². The second-order valence-electron chi connectivity index (χ2n) is 16.7. The molecule has 12 aromatic rings. The summed E-state index contributed by atoms with van der Waals surface area (Å²) < 4.78 is 2.66. The Morgan fingerprint density at radius 2 is 0.537 bits per heavy atom. The number of allylic oxidation sites excluding steroid dienone is 2. The first-order chi connectivity index (χ1) is 33.2. The lowest BCUT2D eigenvalue weighted by atomic mass is 9.91. The molecule has 0 N–H and O–H groups in total. The predicted octanol–water partition coefficient (Wildman–Crippen LogP) is 17.9. The molecule has 6 aromatic heterocycles. The van der Waals surface area contributed by atoms with E-state index >= 15 is 0 Å². The van der Waals surface area contributed by atoms with E-state index in [1.807, 2.05) is 68.0 Å². The predicted molar refractivity (Wildman–Crippen MR) is 301 cm³/mol. The zero-order chi connectivity index (χ0) is 44.3. The highest BCUT2D eigenvalue weighted by molar-refractivity contribution is 7.35. The van der Waals surface area contributed by atoms with Crippen molar-refractivity contribution in [3.8, 4) is 39.0 Å². The molecule has 0 saturated carbocycles. The largest absolute Gasteiger partial charge is 0.183 e. The van der Waals surface area contributed by atoms with Crippen LogP contribution in [0.15, 0.2) is 231 Å². The molecule has 0 atom stereocenters. The molecule has 1 aliphatic rings. The number of hydrogen-bond donors (Lipinski definition) is 0. The van der Waals surface area contributed by atoms with Crippen molar-refractivity contribution in [1.82, 2.24) is 0 Å². The summed E-state index contributed by atoms with van der Waals surface area (Å²) in [6, 6.07) is 86.7. The maximum Gasteiger partial charge on any atom is 0.183 e. The summed E-state index contributed by atoms with van der Waals surface area (Å²) in [6.07, 6.45) is 0. The number of hydrogen-bond acceptors (Lipinski definition) is 6. The number of fused-ring (bicyclic) bond motifs is 2. The standard InChI is InChI=1S/C60H38S6Si/c1-5-17-39(18-6-1)57-58(40-19-7-2-8-20-40)60(54-36-34-50(66-54)48-30-32-52(64-48)56-38-42-22-14-16-28-46(42)62-56)67(43-23-9-3-10-24-43,44-25-11-4-12-26-44)59(57)53-35-33-49(65-53)47-29-31-51(63-47)55-37-41-21-13-15-27-45(41)61-55/h1-38H. The molecule has 6 aromatic carbocycles. The van der Waals surface area contributed by atoms with Gasteiger partial charge in [-0.15, -0.1) is 68.0 Å². The molecule has 13 rings (SSSR count). The van der Waals surface area contributed by atoms with Crippen LogP contribution in [0.4, 0.5) is 0 Å². The summed E-state index contributed by atoms with van der Waals surface area (Å²) in [7, 11) is -3.13. The van der Waals surface area contributed by atoms with Gasteiger partial charge in [0.05, 0.1) is 0 Å². The van der Waals surface area contributed by atoms with Crippen LogP contribution >= 0.6 is 68.0 Å². The van der Waals surface area contributed by atoms with Gasteiger partial charge >= 0.3 is 0 Å². The Labute approximate surface area is 415 Å². The van der Waals surface area contributed by atoms with Crippen LogP contribution in [-0.4, -0.2) is 8.07 Å². The minimum atomic E-state index is -3.13. The summed E-state index contributed by atoms with van der Waals surface area (Å²) >= 11 is 11.5. The molecule has 0 saturated heterocycles.